The molecule has 1 fully saturated rings. The molecule has 154 valence electrons. The largest absolute Gasteiger partial charge is 0.373 e. The van der Waals surface area contributed by atoms with E-state index in [1.54, 1.807) is 0 Å². The Labute approximate surface area is 171 Å². The molecule has 4 rings (SSSR count). The number of aromatic nitrogens is 1. The number of aromatic amines is 1. The van der Waals surface area contributed by atoms with Gasteiger partial charge >= 0.3 is 0 Å². The van der Waals surface area contributed by atoms with Gasteiger partial charge < -0.3 is 15.0 Å². The lowest BCUT2D eigenvalue weighted by Gasteiger charge is -2.35. The van der Waals surface area contributed by atoms with Crippen LogP contribution in [-0.4, -0.2) is 46.9 Å². The maximum atomic E-state index is 13.0. The van der Waals surface area contributed by atoms with Crippen molar-refractivity contribution in [1.82, 2.24) is 9.88 Å². The number of Topliss-reactive ketones (excluding diaryl/α,β-unsaturated/α-hetero) is 1. The van der Waals surface area contributed by atoms with Gasteiger partial charge in [0.1, 0.15) is 5.69 Å². The molecule has 1 aromatic carbocycles. The normalized spacial score (nSPS) is 22.4. The molecular formula is C23H29N3O3. The lowest BCUT2D eigenvalue weighted by molar-refractivity contribution is -0.0704. The number of hydrogen-bond acceptors (Lipinski definition) is 4. The highest BCUT2D eigenvalue weighted by Crippen LogP contribution is 2.27. The van der Waals surface area contributed by atoms with Crippen molar-refractivity contribution in [3.8, 4) is 0 Å². The fourth-order valence-electron chi connectivity index (χ4n) is 4.62. The number of nitrogens with one attached hydrogen (secondary N) is 2. The molecule has 2 unspecified atom stereocenters. The second-order valence-electron chi connectivity index (χ2n) is 8.32. The van der Waals surface area contributed by atoms with E-state index in [-0.39, 0.29) is 23.9 Å². The quantitative estimate of drug-likeness (QED) is 0.828. The molecule has 6 heteroatoms. The fourth-order valence-corrected chi connectivity index (χ4v) is 4.62. The van der Waals surface area contributed by atoms with Gasteiger partial charge in [-0.05, 0) is 50.8 Å². The number of benzene rings is 1. The molecular weight excluding hydrogens is 366 g/mol. The van der Waals surface area contributed by atoms with Crippen LogP contribution < -0.4 is 5.32 Å². The number of ketones is 1. The minimum atomic E-state index is -0.194. The monoisotopic (exact) mass is 395 g/mol. The average Bonchev–Trinajstić information content (AvgIpc) is 3.00. The van der Waals surface area contributed by atoms with E-state index in [9.17, 15) is 9.59 Å². The minimum Gasteiger partial charge on any atom is -0.373 e. The number of anilines is 1. The average molecular weight is 396 g/mol. The van der Waals surface area contributed by atoms with Crippen LogP contribution in [0.4, 0.5) is 5.69 Å². The van der Waals surface area contributed by atoms with Crippen LogP contribution >= 0.6 is 0 Å². The fraction of sp³-hybridized carbons (Fsp3) is 0.478. The number of nitrogens with zero attached hydrogens (tertiary/aromatic N) is 1. The number of morpholine rings is 1. The molecule has 2 atom stereocenters. The Morgan fingerprint density at radius 1 is 1.21 bits per heavy atom. The van der Waals surface area contributed by atoms with Crippen LogP contribution in [0.25, 0.3) is 0 Å². The lowest BCUT2D eigenvalue weighted by Crippen LogP contribution is -2.44. The Morgan fingerprint density at radius 2 is 1.93 bits per heavy atom. The van der Waals surface area contributed by atoms with Crippen molar-refractivity contribution < 1.29 is 14.3 Å². The zero-order chi connectivity index (χ0) is 20.5. The summed E-state index contributed by atoms with van der Waals surface area (Å²) >= 11 is 0. The molecule has 1 aliphatic heterocycles. The van der Waals surface area contributed by atoms with Crippen LogP contribution in [0.3, 0.4) is 0 Å². The second kappa shape index (κ2) is 8.13. The van der Waals surface area contributed by atoms with Crippen molar-refractivity contribution in [2.75, 3.05) is 18.4 Å². The number of aryl methyl sites for hydroxylation is 1. The Kier molecular flexibility index (Phi) is 5.56. The summed E-state index contributed by atoms with van der Waals surface area (Å²) in [5, 5.41) is 3.06. The van der Waals surface area contributed by atoms with Gasteiger partial charge in [-0.1, -0.05) is 18.2 Å². The standard InChI is InChI=1S/C23H29N3O3/c1-14-11-26(12-15(2)29-14)13-17-7-4-5-8-18(17)25-23(28)22-16(3)21-19(24-22)9-6-10-20(21)27/h4-5,7-8,14-15,24H,6,9-13H2,1-3H3,(H,25,28). The molecule has 0 spiro atoms. The lowest BCUT2D eigenvalue weighted by atomic mass is 9.94. The van der Waals surface area contributed by atoms with Crippen LogP contribution in [-0.2, 0) is 17.7 Å². The highest BCUT2D eigenvalue weighted by Gasteiger charge is 2.27. The first kappa shape index (κ1) is 19.9. The van der Waals surface area contributed by atoms with Gasteiger partial charge in [0.2, 0.25) is 0 Å². The van der Waals surface area contributed by atoms with Crippen molar-refractivity contribution in [2.24, 2.45) is 0 Å². The second-order valence-corrected chi connectivity index (χ2v) is 8.32. The van der Waals surface area contributed by atoms with Gasteiger partial charge in [0.15, 0.2) is 5.78 Å². The van der Waals surface area contributed by atoms with Crippen LogP contribution in [0.1, 0.15) is 64.4 Å². The predicted molar refractivity (Wildman–Crippen MR) is 112 cm³/mol. The van der Waals surface area contributed by atoms with E-state index in [1.807, 2.05) is 25.1 Å². The van der Waals surface area contributed by atoms with E-state index in [0.717, 1.165) is 55.0 Å². The van der Waals surface area contributed by atoms with E-state index in [4.69, 9.17) is 4.74 Å². The van der Waals surface area contributed by atoms with Crippen molar-refractivity contribution in [3.63, 3.8) is 0 Å². The Balaban J connectivity index is 1.53. The highest BCUT2D eigenvalue weighted by molar-refractivity contribution is 6.08. The summed E-state index contributed by atoms with van der Waals surface area (Å²) in [6.45, 7) is 8.54. The third kappa shape index (κ3) is 4.14. The number of carbonyl (C=O) groups is 2. The smallest absolute Gasteiger partial charge is 0.272 e. The molecule has 2 aromatic rings. The van der Waals surface area contributed by atoms with Gasteiger partial charge in [-0.2, -0.15) is 0 Å². The Bertz CT molecular complexity index is 923. The first-order chi connectivity index (χ1) is 13.9. The first-order valence-electron chi connectivity index (χ1n) is 10.4. The molecule has 2 aliphatic rings. The van der Waals surface area contributed by atoms with Gasteiger partial charge in [-0.3, -0.25) is 14.5 Å². The SMILES string of the molecule is Cc1c(C(=O)Nc2ccccc2CN2CC(C)OC(C)C2)[nH]c2c1C(=O)CCC2. The number of rotatable bonds is 4. The van der Waals surface area contributed by atoms with Gasteiger partial charge in [0.05, 0.1) is 12.2 Å². The Hall–Kier alpha value is -2.44. The number of carbonyl (C=O) groups excluding carboxylic acids is 2. The topological polar surface area (TPSA) is 74.4 Å². The number of H-pyrrole nitrogens is 1. The zero-order valence-corrected chi connectivity index (χ0v) is 17.4. The molecule has 2 N–H and O–H groups in total. The molecule has 1 aromatic heterocycles. The van der Waals surface area contributed by atoms with Crippen molar-refractivity contribution in [1.29, 1.82) is 0 Å². The summed E-state index contributed by atoms with van der Waals surface area (Å²) in [6.07, 6.45) is 2.62. The van der Waals surface area contributed by atoms with Crippen molar-refractivity contribution >= 4 is 17.4 Å². The Morgan fingerprint density at radius 3 is 2.66 bits per heavy atom. The van der Waals surface area contributed by atoms with Crippen molar-refractivity contribution in [2.45, 2.75) is 58.8 Å². The predicted octanol–water partition coefficient (Wildman–Crippen LogP) is 3.70. The van der Waals surface area contributed by atoms with Gasteiger partial charge in [0, 0.05) is 43.0 Å². The molecule has 6 nitrogen and oxygen atoms in total. The maximum absolute atomic E-state index is 13.0. The van der Waals surface area contributed by atoms with E-state index < -0.39 is 0 Å². The molecule has 0 radical (unpaired) electrons. The van der Waals surface area contributed by atoms with Crippen molar-refractivity contribution in [3.05, 3.63) is 52.3 Å². The van der Waals surface area contributed by atoms with Gasteiger partial charge in [-0.15, -0.1) is 0 Å². The third-order valence-electron chi connectivity index (χ3n) is 5.82. The van der Waals surface area contributed by atoms with Crippen LogP contribution in [0.2, 0.25) is 0 Å². The summed E-state index contributed by atoms with van der Waals surface area (Å²) in [7, 11) is 0. The number of fused-ring (bicyclic) bond motifs is 1. The summed E-state index contributed by atoms with van der Waals surface area (Å²) in [4.78, 5) is 30.8. The molecule has 29 heavy (non-hydrogen) atoms. The van der Waals surface area contributed by atoms with Gasteiger partial charge in [-0.25, -0.2) is 0 Å². The first-order valence-corrected chi connectivity index (χ1v) is 10.4. The molecule has 1 saturated heterocycles. The van der Waals surface area contributed by atoms with E-state index in [1.165, 1.54) is 0 Å². The van der Waals surface area contributed by atoms with Crippen LogP contribution in [0.5, 0.6) is 0 Å². The number of amides is 1. The number of hydrogen-bond donors (Lipinski definition) is 2. The number of ether oxygens (including phenoxy) is 1. The summed E-state index contributed by atoms with van der Waals surface area (Å²) in [5.74, 6) is -0.0594. The highest BCUT2D eigenvalue weighted by atomic mass is 16.5. The number of para-hydroxylation sites is 1. The van der Waals surface area contributed by atoms with E-state index in [0.29, 0.717) is 17.7 Å². The molecule has 1 aliphatic carbocycles. The molecule has 0 bridgehead atoms. The third-order valence-corrected chi connectivity index (χ3v) is 5.82. The molecule has 2 heterocycles. The van der Waals surface area contributed by atoms with Gasteiger partial charge in [0.25, 0.3) is 5.91 Å². The van der Waals surface area contributed by atoms with Crippen LogP contribution in [0.15, 0.2) is 24.3 Å². The summed E-state index contributed by atoms with van der Waals surface area (Å²) in [5.41, 5.74) is 4.75. The van der Waals surface area contributed by atoms with E-state index in [2.05, 4.69) is 35.1 Å². The van der Waals surface area contributed by atoms with E-state index >= 15 is 0 Å². The van der Waals surface area contributed by atoms with Crippen LogP contribution in [0, 0.1) is 6.92 Å². The summed E-state index contributed by atoms with van der Waals surface area (Å²) in [6, 6.07) is 7.91. The maximum Gasteiger partial charge on any atom is 0.272 e. The zero-order valence-electron chi connectivity index (χ0n) is 17.4. The molecule has 0 saturated carbocycles. The molecule has 1 amide bonds. The summed E-state index contributed by atoms with van der Waals surface area (Å²) < 4.78 is 5.83. The minimum absolute atomic E-state index is 0.134.